The lowest BCUT2D eigenvalue weighted by molar-refractivity contribution is 0.415. The van der Waals surface area contributed by atoms with Crippen LogP contribution in [0.25, 0.3) is 0 Å². The Kier molecular flexibility index (Phi) is 6.35. The highest BCUT2D eigenvalue weighted by Gasteiger charge is 1.89. The first-order valence-corrected chi connectivity index (χ1v) is 7.39. The lowest BCUT2D eigenvalue weighted by atomic mass is 10.3. The third-order valence-corrected chi connectivity index (χ3v) is 3.02. The van der Waals surface area contributed by atoms with Crippen LogP contribution in [0.15, 0.2) is 89.1 Å². The number of nitrogens with zero attached hydrogens (tertiary/aromatic N) is 2. The lowest BCUT2D eigenvalue weighted by Gasteiger charge is -1.97. The van der Waals surface area contributed by atoms with Gasteiger partial charge in [-0.2, -0.15) is 10.2 Å². The number of ether oxygens (including phenoxy) is 1. The van der Waals surface area contributed by atoms with E-state index >= 15 is 0 Å². The molecule has 0 aliphatic heterocycles. The van der Waals surface area contributed by atoms with Gasteiger partial charge in [0.25, 0.3) is 0 Å². The smallest absolute Gasteiger partial charge is 0.120 e. The van der Waals surface area contributed by atoms with E-state index in [2.05, 4.69) is 10.2 Å². The summed E-state index contributed by atoms with van der Waals surface area (Å²) in [5.74, 6) is 0.801. The number of anilines is 2. The molecule has 4 N–H and O–H groups in total. The Balaban J connectivity index is 0.000000198. The molecule has 122 valence electrons. The van der Waals surface area contributed by atoms with E-state index < -0.39 is 0 Å². The Morgan fingerprint density at radius 2 is 1.29 bits per heavy atom. The van der Waals surface area contributed by atoms with E-state index in [0.29, 0.717) is 0 Å². The normalized spacial score (nSPS) is 10.0. The van der Waals surface area contributed by atoms with Gasteiger partial charge in [0.2, 0.25) is 0 Å². The maximum atomic E-state index is 5.56. The van der Waals surface area contributed by atoms with Crippen LogP contribution in [0.5, 0.6) is 5.75 Å². The second-order valence-electron chi connectivity index (χ2n) is 4.90. The maximum Gasteiger partial charge on any atom is 0.120 e. The van der Waals surface area contributed by atoms with Gasteiger partial charge in [0.05, 0.1) is 18.5 Å². The van der Waals surface area contributed by atoms with Gasteiger partial charge in [-0.1, -0.05) is 24.3 Å². The maximum absolute atomic E-state index is 5.56. The van der Waals surface area contributed by atoms with Crippen molar-refractivity contribution in [3.05, 3.63) is 78.9 Å². The fraction of sp³-hybridized carbons (Fsp3) is 0.0526. The predicted molar refractivity (Wildman–Crippen MR) is 98.9 cm³/mol. The number of hydrogen-bond donors (Lipinski definition) is 2. The molecule has 24 heavy (non-hydrogen) atoms. The molecule has 0 heterocycles. The second-order valence-corrected chi connectivity index (χ2v) is 4.90. The Morgan fingerprint density at radius 1 is 0.667 bits per heavy atom. The average Bonchev–Trinajstić information content (AvgIpc) is 2.63. The molecule has 0 atom stereocenters. The molecule has 3 aromatic carbocycles. The van der Waals surface area contributed by atoms with E-state index in [0.717, 1.165) is 28.5 Å². The first kappa shape index (κ1) is 17.0. The van der Waals surface area contributed by atoms with Crippen molar-refractivity contribution in [2.45, 2.75) is 0 Å². The summed E-state index contributed by atoms with van der Waals surface area (Å²) < 4.78 is 4.92. The number of benzene rings is 3. The highest BCUT2D eigenvalue weighted by Crippen LogP contribution is 2.18. The zero-order valence-corrected chi connectivity index (χ0v) is 13.5. The van der Waals surface area contributed by atoms with Crippen LogP contribution in [0, 0.1) is 0 Å². The zero-order chi connectivity index (χ0) is 17.2. The van der Waals surface area contributed by atoms with Gasteiger partial charge in [0.1, 0.15) is 5.75 Å². The monoisotopic (exact) mass is 320 g/mol. The molecule has 0 aromatic heterocycles. The molecule has 0 radical (unpaired) electrons. The van der Waals surface area contributed by atoms with Crippen molar-refractivity contribution in [1.29, 1.82) is 0 Å². The Hall–Kier alpha value is -3.34. The fourth-order valence-electron chi connectivity index (χ4n) is 1.79. The van der Waals surface area contributed by atoms with Crippen molar-refractivity contribution in [1.82, 2.24) is 0 Å². The standard InChI is InChI=1S/C12H11N3.C7H9NO/c13-10-6-8-12(9-7-10)15-14-11-4-2-1-3-5-11;1-9-7-4-2-3-6(8)5-7/h1-9H,13H2;2-5H,8H2,1H3. The largest absolute Gasteiger partial charge is 0.497 e. The molecule has 3 aromatic rings. The minimum absolute atomic E-state index is 0.730. The molecule has 0 fully saturated rings. The van der Waals surface area contributed by atoms with Crippen molar-refractivity contribution < 1.29 is 4.74 Å². The summed E-state index contributed by atoms with van der Waals surface area (Å²) in [6.45, 7) is 0. The summed E-state index contributed by atoms with van der Waals surface area (Å²) in [6.07, 6.45) is 0. The van der Waals surface area contributed by atoms with Crippen LogP contribution < -0.4 is 16.2 Å². The molecule has 0 amide bonds. The molecule has 0 saturated heterocycles. The van der Waals surface area contributed by atoms with Crippen LogP contribution in [0.1, 0.15) is 0 Å². The topological polar surface area (TPSA) is 86.0 Å². The quantitative estimate of drug-likeness (QED) is 0.528. The molecular formula is C19H20N4O. The van der Waals surface area contributed by atoms with E-state index in [-0.39, 0.29) is 0 Å². The van der Waals surface area contributed by atoms with Crippen molar-refractivity contribution >= 4 is 22.7 Å². The summed E-state index contributed by atoms with van der Waals surface area (Å²) in [6, 6.07) is 24.2. The summed E-state index contributed by atoms with van der Waals surface area (Å²) in [5, 5.41) is 8.18. The summed E-state index contributed by atoms with van der Waals surface area (Å²) in [5.41, 5.74) is 14.1. The number of azo groups is 1. The lowest BCUT2D eigenvalue weighted by Crippen LogP contribution is -1.86. The Morgan fingerprint density at radius 3 is 1.83 bits per heavy atom. The van der Waals surface area contributed by atoms with Gasteiger partial charge in [0, 0.05) is 17.4 Å². The summed E-state index contributed by atoms with van der Waals surface area (Å²) >= 11 is 0. The highest BCUT2D eigenvalue weighted by atomic mass is 16.5. The van der Waals surface area contributed by atoms with E-state index in [9.17, 15) is 0 Å². The van der Waals surface area contributed by atoms with Gasteiger partial charge in [-0.05, 0) is 48.5 Å². The van der Waals surface area contributed by atoms with Gasteiger partial charge in [-0.3, -0.25) is 0 Å². The number of methoxy groups -OCH3 is 1. The van der Waals surface area contributed by atoms with Gasteiger partial charge in [-0.25, -0.2) is 0 Å². The predicted octanol–water partition coefficient (Wildman–Crippen LogP) is 4.96. The summed E-state index contributed by atoms with van der Waals surface area (Å²) in [7, 11) is 1.62. The first-order valence-electron chi connectivity index (χ1n) is 7.39. The van der Waals surface area contributed by atoms with E-state index in [1.165, 1.54) is 0 Å². The van der Waals surface area contributed by atoms with Crippen LogP contribution in [0.4, 0.5) is 22.7 Å². The molecule has 5 heteroatoms. The molecule has 0 bridgehead atoms. The van der Waals surface area contributed by atoms with E-state index in [1.54, 1.807) is 25.3 Å². The third-order valence-electron chi connectivity index (χ3n) is 3.02. The van der Waals surface area contributed by atoms with Crippen molar-refractivity contribution in [2.24, 2.45) is 10.2 Å². The number of rotatable bonds is 3. The number of hydrogen-bond acceptors (Lipinski definition) is 5. The molecule has 5 nitrogen and oxygen atoms in total. The van der Waals surface area contributed by atoms with E-state index in [1.807, 2.05) is 60.7 Å². The molecule has 0 aliphatic carbocycles. The van der Waals surface area contributed by atoms with Crippen LogP contribution >= 0.6 is 0 Å². The van der Waals surface area contributed by atoms with Crippen LogP contribution in [-0.4, -0.2) is 7.11 Å². The van der Waals surface area contributed by atoms with Gasteiger partial charge < -0.3 is 16.2 Å². The van der Waals surface area contributed by atoms with Crippen molar-refractivity contribution in [3.8, 4) is 5.75 Å². The fourth-order valence-corrected chi connectivity index (χ4v) is 1.79. The van der Waals surface area contributed by atoms with Gasteiger partial charge in [-0.15, -0.1) is 0 Å². The number of nitrogen functional groups attached to an aromatic ring is 2. The second kappa shape index (κ2) is 8.95. The van der Waals surface area contributed by atoms with Crippen LogP contribution in [0.3, 0.4) is 0 Å². The van der Waals surface area contributed by atoms with E-state index in [4.69, 9.17) is 16.2 Å². The van der Waals surface area contributed by atoms with Crippen LogP contribution in [-0.2, 0) is 0 Å². The zero-order valence-electron chi connectivity index (χ0n) is 13.5. The first-order chi connectivity index (χ1) is 11.7. The molecule has 3 rings (SSSR count). The molecule has 0 saturated carbocycles. The highest BCUT2D eigenvalue weighted by molar-refractivity contribution is 5.48. The van der Waals surface area contributed by atoms with Crippen molar-refractivity contribution in [3.63, 3.8) is 0 Å². The van der Waals surface area contributed by atoms with Crippen LogP contribution in [0.2, 0.25) is 0 Å². The number of nitrogens with two attached hydrogens (primary N) is 2. The molecule has 0 aliphatic rings. The minimum Gasteiger partial charge on any atom is -0.497 e. The molecular weight excluding hydrogens is 300 g/mol. The van der Waals surface area contributed by atoms with Gasteiger partial charge >= 0.3 is 0 Å². The van der Waals surface area contributed by atoms with Gasteiger partial charge in [0.15, 0.2) is 0 Å². The van der Waals surface area contributed by atoms with Crippen molar-refractivity contribution in [2.75, 3.05) is 18.6 Å². The SMILES string of the molecule is COc1cccc(N)c1.Nc1ccc(N=Nc2ccccc2)cc1. The third kappa shape index (κ3) is 5.81. The minimum atomic E-state index is 0.730. The molecule has 0 spiro atoms. The summed E-state index contributed by atoms with van der Waals surface area (Å²) in [4.78, 5) is 0. The Labute approximate surface area is 141 Å². The molecule has 0 unspecified atom stereocenters. The average molecular weight is 320 g/mol. The Bertz CT molecular complexity index is 771.